The lowest BCUT2D eigenvalue weighted by atomic mass is 10.1. The third-order valence-corrected chi connectivity index (χ3v) is 4.52. The van der Waals surface area contributed by atoms with Crippen molar-refractivity contribution in [3.63, 3.8) is 0 Å². The highest BCUT2D eigenvalue weighted by atomic mass is 19.1. The van der Waals surface area contributed by atoms with E-state index in [0.717, 1.165) is 0 Å². The average molecular weight is 379 g/mol. The third kappa shape index (κ3) is 3.57. The third-order valence-electron chi connectivity index (χ3n) is 4.52. The Kier molecular flexibility index (Phi) is 4.76. The van der Waals surface area contributed by atoms with Crippen molar-refractivity contribution in [2.75, 3.05) is 18.0 Å². The number of aromatic nitrogens is 2. The SMILES string of the molecule is O=C(NCc1ccc(-n2ccnc2)c(F)c1)c1cccc(N2CCNC2=O)c1. The van der Waals surface area contributed by atoms with Crippen LogP contribution in [0, 0.1) is 5.82 Å². The molecule has 8 heteroatoms. The van der Waals surface area contributed by atoms with Crippen molar-refractivity contribution in [2.45, 2.75) is 6.54 Å². The number of carbonyl (C=O) groups is 2. The van der Waals surface area contributed by atoms with Crippen LogP contribution in [0.4, 0.5) is 14.9 Å². The molecule has 0 spiro atoms. The van der Waals surface area contributed by atoms with Crippen molar-refractivity contribution in [3.05, 3.63) is 78.1 Å². The monoisotopic (exact) mass is 379 g/mol. The van der Waals surface area contributed by atoms with Crippen molar-refractivity contribution >= 4 is 17.6 Å². The minimum absolute atomic E-state index is 0.175. The van der Waals surface area contributed by atoms with E-state index in [1.54, 1.807) is 58.3 Å². The Morgan fingerprint density at radius 2 is 2.14 bits per heavy atom. The first-order valence-electron chi connectivity index (χ1n) is 8.82. The zero-order valence-electron chi connectivity index (χ0n) is 14.9. The summed E-state index contributed by atoms with van der Waals surface area (Å²) >= 11 is 0. The van der Waals surface area contributed by atoms with Gasteiger partial charge >= 0.3 is 6.03 Å². The van der Waals surface area contributed by atoms with Gasteiger partial charge in [0.1, 0.15) is 5.82 Å². The second-order valence-electron chi connectivity index (χ2n) is 6.37. The summed E-state index contributed by atoms with van der Waals surface area (Å²) in [4.78, 5) is 29.7. The molecule has 0 atom stereocenters. The summed E-state index contributed by atoms with van der Waals surface area (Å²) in [6, 6.07) is 11.5. The van der Waals surface area contributed by atoms with Crippen LogP contribution in [0.1, 0.15) is 15.9 Å². The Labute approximate surface area is 160 Å². The van der Waals surface area contributed by atoms with Crippen LogP contribution in [0.15, 0.2) is 61.2 Å². The summed E-state index contributed by atoms with van der Waals surface area (Å²) in [6.07, 6.45) is 4.76. The summed E-state index contributed by atoms with van der Waals surface area (Å²) in [5, 5.41) is 5.51. The highest BCUT2D eigenvalue weighted by Gasteiger charge is 2.21. The average Bonchev–Trinajstić information content (AvgIpc) is 3.38. The van der Waals surface area contributed by atoms with Gasteiger partial charge in [-0.3, -0.25) is 9.69 Å². The summed E-state index contributed by atoms with van der Waals surface area (Å²) in [5.74, 6) is -0.688. The van der Waals surface area contributed by atoms with E-state index in [0.29, 0.717) is 35.6 Å². The van der Waals surface area contributed by atoms with Crippen LogP contribution >= 0.6 is 0 Å². The van der Waals surface area contributed by atoms with Crippen molar-refractivity contribution in [1.82, 2.24) is 20.2 Å². The molecule has 1 saturated heterocycles. The molecule has 142 valence electrons. The zero-order chi connectivity index (χ0) is 19.5. The van der Waals surface area contributed by atoms with Crippen LogP contribution in [-0.2, 0) is 6.54 Å². The molecule has 2 N–H and O–H groups in total. The fourth-order valence-electron chi connectivity index (χ4n) is 3.09. The van der Waals surface area contributed by atoms with Crippen LogP contribution in [-0.4, -0.2) is 34.6 Å². The molecule has 3 aromatic rings. The maximum absolute atomic E-state index is 14.3. The lowest BCUT2D eigenvalue weighted by Crippen LogP contribution is -2.28. The van der Waals surface area contributed by atoms with Gasteiger partial charge in [0.25, 0.3) is 5.91 Å². The number of anilines is 1. The summed E-state index contributed by atoms with van der Waals surface area (Å²) in [7, 11) is 0. The summed E-state index contributed by atoms with van der Waals surface area (Å²) in [6.45, 7) is 1.33. The second kappa shape index (κ2) is 7.51. The Balaban J connectivity index is 1.43. The maximum Gasteiger partial charge on any atom is 0.321 e. The van der Waals surface area contributed by atoms with Crippen molar-refractivity contribution in [1.29, 1.82) is 0 Å². The molecule has 1 aliphatic heterocycles. The number of nitrogens with one attached hydrogen (secondary N) is 2. The highest BCUT2D eigenvalue weighted by molar-refractivity contribution is 5.98. The smallest absolute Gasteiger partial charge is 0.321 e. The van der Waals surface area contributed by atoms with Crippen molar-refractivity contribution in [2.24, 2.45) is 0 Å². The van der Waals surface area contributed by atoms with E-state index in [1.807, 2.05) is 0 Å². The van der Waals surface area contributed by atoms with Gasteiger partial charge in [0, 0.05) is 43.3 Å². The number of carbonyl (C=O) groups excluding carboxylic acids is 2. The van der Waals surface area contributed by atoms with Gasteiger partial charge in [-0.05, 0) is 35.9 Å². The van der Waals surface area contributed by atoms with Gasteiger partial charge < -0.3 is 15.2 Å². The van der Waals surface area contributed by atoms with Gasteiger partial charge in [-0.25, -0.2) is 14.2 Å². The van der Waals surface area contributed by atoms with E-state index in [-0.39, 0.29) is 18.5 Å². The van der Waals surface area contributed by atoms with E-state index in [2.05, 4.69) is 15.6 Å². The quantitative estimate of drug-likeness (QED) is 0.715. The maximum atomic E-state index is 14.3. The van der Waals surface area contributed by atoms with E-state index in [4.69, 9.17) is 0 Å². The molecule has 0 bridgehead atoms. The first-order chi connectivity index (χ1) is 13.6. The molecule has 28 heavy (non-hydrogen) atoms. The second-order valence-corrected chi connectivity index (χ2v) is 6.37. The lowest BCUT2D eigenvalue weighted by Gasteiger charge is -2.15. The van der Waals surface area contributed by atoms with Gasteiger partial charge in [-0.15, -0.1) is 0 Å². The number of nitrogens with zero attached hydrogens (tertiary/aromatic N) is 3. The van der Waals surface area contributed by atoms with Gasteiger partial charge in [0.15, 0.2) is 0 Å². The highest BCUT2D eigenvalue weighted by Crippen LogP contribution is 2.19. The largest absolute Gasteiger partial charge is 0.348 e. The molecule has 0 aliphatic carbocycles. The van der Waals surface area contributed by atoms with Crippen LogP contribution in [0.5, 0.6) is 0 Å². The fraction of sp³-hybridized carbons (Fsp3) is 0.150. The lowest BCUT2D eigenvalue weighted by molar-refractivity contribution is 0.0951. The number of amides is 3. The molecular weight excluding hydrogens is 361 g/mol. The van der Waals surface area contributed by atoms with Gasteiger partial charge in [0.2, 0.25) is 0 Å². The number of imidazole rings is 1. The first kappa shape index (κ1) is 17.7. The molecule has 2 aromatic carbocycles. The zero-order valence-corrected chi connectivity index (χ0v) is 14.9. The predicted molar refractivity (Wildman–Crippen MR) is 102 cm³/mol. The fourth-order valence-corrected chi connectivity index (χ4v) is 3.09. The van der Waals surface area contributed by atoms with Crippen molar-refractivity contribution in [3.8, 4) is 5.69 Å². The molecule has 1 aliphatic rings. The van der Waals surface area contributed by atoms with E-state index in [9.17, 15) is 14.0 Å². The normalized spacial score (nSPS) is 13.5. The summed E-state index contributed by atoms with van der Waals surface area (Å²) in [5.41, 5.74) is 2.14. The number of hydrogen-bond acceptors (Lipinski definition) is 3. The van der Waals surface area contributed by atoms with E-state index < -0.39 is 5.82 Å². The van der Waals surface area contributed by atoms with Gasteiger partial charge in [-0.1, -0.05) is 12.1 Å². The number of urea groups is 1. The Morgan fingerprint density at radius 3 is 2.86 bits per heavy atom. The molecule has 7 nitrogen and oxygen atoms in total. The van der Waals surface area contributed by atoms with Crippen LogP contribution in [0.2, 0.25) is 0 Å². The van der Waals surface area contributed by atoms with Crippen molar-refractivity contribution < 1.29 is 14.0 Å². The molecule has 3 amide bonds. The first-order valence-corrected chi connectivity index (χ1v) is 8.82. The number of benzene rings is 2. The molecule has 4 rings (SSSR count). The number of halogens is 1. The van der Waals surface area contributed by atoms with Crippen LogP contribution < -0.4 is 15.5 Å². The Bertz CT molecular complexity index is 1020. The number of rotatable bonds is 5. The van der Waals surface area contributed by atoms with Gasteiger partial charge in [0.05, 0.1) is 12.0 Å². The van der Waals surface area contributed by atoms with Gasteiger partial charge in [-0.2, -0.15) is 0 Å². The minimum Gasteiger partial charge on any atom is -0.348 e. The minimum atomic E-state index is -0.396. The van der Waals surface area contributed by atoms with E-state index >= 15 is 0 Å². The topological polar surface area (TPSA) is 79.3 Å². The Morgan fingerprint density at radius 1 is 1.25 bits per heavy atom. The standard InChI is InChI=1S/C20H18FN5O2/c21-17-10-14(4-5-18(17)25-8-6-22-13-25)12-24-19(27)15-2-1-3-16(11-15)26-9-7-23-20(26)28/h1-6,8,10-11,13H,7,9,12H2,(H,23,28)(H,24,27). The van der Waals surface area contributed by atoms with E-state index in [1.165, 1.54) is 12.4 Å². The molecule has 0 radical (unpaired) electrons. The predicted octanol–water partition coefficient (Wildman–Crippen LogP) is 2.47. The van der Waals surface area contributed by atoms with Crippen LogP contribution in [0.25, 0.3) is 5.69 Å². The summed E-state index contributed by atoms with van der Waals surface area (Å²) < 4.78 is 15.9. The Hall–Kier alpha value is -3.68. The number of hydrogen-bond donors (Lipinski definition) is 2. The van der Waals surface area contributed by atoms with Crippen LogP contribution in [0.3, 0.4) is 0 Å². The molecule has 2 heterocycles. The molecule has 1 aromatic heterocycles. The molecule has 1 fully saturated rings. The molecule has 0 saturated carbocycles. The molecule has 0 unspecified atom stereocenters. The molecular formula is C20H18FN5O2.